The van der Waals surface area contributed by atoms with Gasteiger partial charge < -0.3 is 9.80 Å². The lowest BCUT2D eigenvalue weighted by Gasteiger charge is -2.22. The minimum absolute atomic E-state index is 0.417. The SMILES string of the molecule is CCN(CCCN(C)C)c1cnc(CCl)cn1. The van der Waals surface area contributed by atoms with Crippen molar-refractivity contribution in [3.05, 3.63) is 18.1 Å². The third-order valence-electron chi connectivity index (χ3n) is 2.57. The van der Waals surface area contributed by atoms with Crippen molar-refractivity contribution in [2.24, 2.45) is 0 Å². The van der Waals surface area contributed by atoms with Gasteiger partial charge in [0, 0.05) is 13.1 Å². The van der Waals surface area contributed by atoms with E-state index in [1.807, 2.05) is 0 Å². The molecule has 0 amide bonds. The molecule has 0 radical (unpaired) electrons. The van der Waals surface area contributed by atoms with Crippen LogP contribution in [0, 0.1) is 0 Å². The monoisotopic (exact) mass is 256 g/mol. The van der Waals surface area contributed by atoms with Gasteiger partial charge in [0.15, 0.2) is 0 Å². The van der Waals surface area contributed by atoms with Crippen molar-refractivity contribution >= 4 is 17.4 Å². The fourth-order valence-electron chi connectivity index (χ4n) is 1.59. The molecule has 4 nitrogen and oxygen atoms in total. The quantitative estimate of drug-likeness (QED) is 0.699. The minimum Gasteiger partial charge on any atom is -0.356 e. The summed E-state index contributed by atoms with van der Waals surface area (Å²) >= 11 is 5.69. The van der Waals surface area contributed by atoms with Crippen LogP contribution in [0.4, 0.5) is 5.82 Å². The van der Waals surface area contributed by atoms with Gasteiger partial charge >= 0.3 is 0 Å². The Kier molecular flexibility index (Phi) is 6.22. The summed E-state index contributed by atoms with van der Waals surface area (Å²) in [5.41, 5.74) is 0.819. The van der Waals surface area contributed by atoms with Gasteiger partial charge in [0.2, 0.25) is 0 Å². The first-order chi connectivity index (χ1) is 8.17. The van der Waals surface area contributed by atoms with E-state index >= 15 is 0 Å². The zero-order valence-electron chi connectivity index (χ0n) is 10.9. The van der Waals surface area contributed by atoms with E-state index < -0.39 is 0 Å². The average Bonchev–Trinajstić information content (AvgIpc) is 2.34. The van der Waals surface area contributed by atoms with Crippen LogP contribution in [0.3, 0.4) is 0 Å². The molecule has 0 fully saturated rings. The lowest BCUT2D eigenvalue weighted by molar-refractivity contribution is 0.400. The lowest BCUT2D eigenvalue weighted by atomic mass is 10.3. The molecule has 0 spiro atoms. The summed E-state index contributed by atoms with van der Waals surface area (Å²) < 4.78 is 0. The molecule has 1 aromatic heterocycles. The van der Waals surface area contributed by atoms with Gasteiger partial charge in [-0.1, -0.05) is 0 Å². The van der Waals surface area contributed by atoms with Crippen LogP contribution in [0.1, 0.15) is 19.0 Å². The molecule has 0 aliphatic rings. The van der Waals surface area contributed by atoms with Gasteiger partial charge in [-0.3, -0.25) is 4.98 Å². The first kappa shape index (κ1) is 14.2. The van der Waals surface area contributed by atoms with Crippen LogP contribution in [-0.2, 0) is 5.88 Å². The molecule has 0 bridgehead atoms. The number of rotatable bonds is 7. The van der Waals surface area contributed by atoms with E-state index in [1.54, 1.807) is 12.4 Å². The van der Waals surface area contributed by atoms with Gasteiger partial charge in [-0.2, -0.15) is 0 Å². The smallest absolute Gasteiger partial charge is 0.147 e. The second-order valence-corrected chi connectivity index (χ2v) is 4.50. The first-order valence-electron chi connectivity index (χ1n) is 5.94. The van der Waals surface area contributed by atoms with Crippen LogP contribution in [-0.4, -0.2) is 48.6 Å². The largest absolute Gasteiger partial charge is 0.356 e. The molecule has 1 aromatic rings. The molecule has 0 aromatic carbocycles. The molecular weight excluding hydrogens is 236 g/mol. The van der Waals surface area contributed by atoms with Gasteiger partial charge in [0.05, 0.1) is 24.0 Å². The summed E-state index contributed by atoms with van der Waals surface area (Å²) in [6.45, 7) is 5.17. The Bertz CT molecular complexity index is 313. The number of hydrogen-bond donors (Lipinski definition) is 0. The maximum absolute atomic E-state index is 5.69. The first-order valence-corrected chi connectivity index (χ1v) is 6.47. The van der Waals surface area contributed by atoms with Crippen LogP contribution in [0.15, 0.2) is 12.4 Å². The Morgan fingerprint density at radius 2 is 1.94 bits per heavy atom. The van der Waals surface area contributed by atoms with Crippen molar-refractivity contribution in [2.45, 2.75) is 19.2 Å². The second-order valence-electron chi connectivity index (χ2n) is 4.24. The van der Waals surface area contributed by atoms with Crippen LogP contribution in [0.5, 0.6) is 0 Å². The number of anilines is 1. The summed E-state index contributed by atoms with van der Waals surface area (Å²) in [7, 11) is 4.18. The van der Waals surface area contributed by atoms with Gasteiger partial charge in [-0.05, 0) is 34.0 Å². The Morgan fingerprint density at radius 1 is 1.18 bits per heavy atom. The zero-order valence-corrected chi connectivity index (χ0v) is 11.6. The molecule has 1 heterocycles. The second kappa shape index (κ2) is 7.45. The van der Waals surface area contributed by atoms with Gasteiger partial charge in [-0.25, -0.2) is 4.98 Å². The maximum Gasteiger partial charge on any atom is 0.147 e. The van der Waals surface area contributed by atoms with Gasteiger partial charge in [0.25, 0.3) is 0 Å². The van der Waals surface area contributed by atoms with Crippen molar-refractivity contribution in [1.82, 2.24) is 14.9 Å². The van der Waals surface area contributed by atoms with Crippen LogP contribution < -0.4 is 4.90 Å². The van der Waals surface area contributed by atoms with Crippen molar-refractivity contribution in [3.8, 4) is 0 Å². The number of alkyl halides is 1. The molecule has 0 saturated carbocycles. The number of aromatic nitrogens is 2. The van der Waals surface area contributed by atoms with Crippen LogP contribution in [0.2, 0.25) is 0 Å². The van der Waals surface area contributed by atoms with E-state index in [-0.39, 0.29) is 0 Å². The lowest BCUT2D eigenvalue weighted by Crippen LogP contribution is -2.27. The van der Waals surface area contributed by atoms with Crippen LogP contribution in [0.25, 0.3) is 0 Å². The van der Waals surface area contributed by atoms with E-state index in [0.29, 0.717) is 5.88 Å². The highest BCUT2D eigenvalue weighted by atomic mass is 35.5. The fraction of sp³-hybridized carbons (Fsp3) is 0.667. The molecule has 96 valence electrons. The molecule has 0 N–H and O–H groups in total. The maximum atomic E-state index is 5.69. The van der Waals surface area contributed by atoms with Crippen molar-refractivity contribution in [3.63, 3.8) is 0 Å². The molecule has 5 heteroatoms. The minimum atomic E-state index is 0.417. The van der Waals surface area contributed by atoms with E-state index in [4.69, 9.17) is 11.6 Å². The highest BCUT2D eigenvalue weighted by molar-refractivity contribution is 6.16. The molecule has 17 heavy (non-hydrogen) atoms. The van der Waals surface area contributed by atoms with E-state index in [1.165, 1.54) is 0 Å². The predicted octanol–water partition coefficient (Wildman–Crippen LogP) is 1.99. The molecule has 0 aliphatic heterocycles. The summed E-state index contributed by atoms with van der Waals surface area (Å²) in [6, 6.07) is 0. The highest BCUT2D eigenvalue weighted by Crippen LogP contribution is 2.10. The summed E-state index contributed by atoms with van der Waals surface area (Å²) in [5.74, 6) is 1.35. The third-order valence-corrected chi connectivity index (χ3v) is 2.84. The van der Waals surface area contributed by atoms with Gasteiger partial charge in [0.1, 0.15) is 5.82 Å². The van der Waals surface area contributed by atoms with E-state index in [9.17, 15) is 0 Å². The molecular formula is C12H21ClN4. The molecule has 0 atom stereocenters. The Morgan fingerprint density at radius 3 is 2.41 bits per heavy atom. The number of nitrogens with zero attached hydrogens (tertiary/aromatic N) is 4. The molecule has 0 saturated heterocycles. The predicted molar refractivity (Wildman–Crippen MR) is 72.6 cm³/mol. The third kappa shape index (κ3) is 4.88. The average molecular weight is 257 g/mol. The summed E-state index contributed by atoms with van der Waals surface area (Å²) in [5, 5.41) is 0. The van der Waals surface area contributed by atoms with Crippen LogP contribution >= 0.6 is 11.6 Å². The van der Waals surface area contributed by atoms with Crippen molar-refractivity contribution < 1.29 is 0 Å². The Hall–Kier alpha value is -0.870. The van der Waals surface area contributed by atoms with E-state index in [2.05, 4.69) is 40.8 Å². The Balaban J connectivity index is 2.53. The van der Waals surface area contributed by atoms with E-state index in [0.717, 1.165) is 37.6 Å². The van der Waals surface area contributed by atoms with Crippen molar-refractivity contribution in [2.75, 3.05) is 38.6 Å². The normalized spacial score (nSPS) is 10.9. The molecule has 0 unspecified atom stereocenters. The summed E-state index contributed by atoms with van der Waals surface area (Å²) in [4.78, 5) is 13.1. The topological polar surface area (TPSA) is 32.3 Å². The fourth-order valence-corrected chi connectivity index (χ4v) is 1.73. The molecule has 0 aliphatic carbocycles. The zero-order chi connectivity index (χ0) is 12.7. The Labute approximate surface area is 109 Å². The van der Waals surface area contributed by atoms with Gasteiger partial charge in [-0.15, -0.1) is 11.6 Å². The van der Waals surface area contributed by atoms with Crippen molar-refractivity contribution in [1.29, 1.82) is 0 Å². The highest BCUT2D eigenvalue weighted by Gasteiger charge is 2.06. The number of hydrogen-bond acceptors (Lipinski definition) is 4. The standard InChI is InChI=1S/C12H21ClN4/c1-4-17(7-5-6-16(2)3)12-10-14-11(8-13)9-15-12/h9-10H,4-8H2,1-3H3. The molecule has 1 rings (SSSR count). The number of halogens is 1. The summed E-state index contributed by atoms with van der Waals surface area (Å²) in [6.07, 6.45) is 4.67.